The number of Topliss-reactive ketones (excluding diaryl/α,β-unsaturated/α-hetero) is 4. The lowest BCUT2D eigenvalue weighted by molar-refractivity contribution is -0.162. The lowest BCUT2D eigenvalue weighted by Crippen LogP contribution is -2.50. The number of carbonyl (C=O) groups excluding carboxylic acids is 11. The molecule has 38 heteroatoms. The first-order chi connectivity index (χ1) is 55.9. The van der Waals surface area contributed by atoms with Gasteiger partial charge in [-0.2, -0.15) is 0 Å². The quantitative estimate of drug-likeness (QED) is 0.00650. The summed E-state index contributed by atoms with van der Waals surface area (Å²) in [6.45, 7) is 12.0. The summed E-state index contributed by atoms with van der Waals surface area (Å²) in [6, 6.07) is 8.07. The Morgan fingerprint density at radius 2 is 1.36 bits per heavy atom. The van der Waals surface area contributed by atoms with Gasteiger partial charge in [-0.25, -0.2) is 19.4 Å². The zero-order valence-electron chi connectivity index (χ0n) is 67.8. The molecular weight excluding hydrogens is 1620 g/mol. The minimum atomic E-state index is -1.69. The number of carboxylic acid groups (broad SMARTS) is 5. The van der Waals surface area contributed by atoms with Gasteiger partial charge in [-0.15, -0.1) is 11.3 Å². The zero-order chi connectivity index (χ0) is 87.7. The zero-order valence-corrected chi connectivity index (χ0v) is 71.1. The van der Waals surface area contributed by atoms with E-state index in [2.05, 4.69) is 36.9 Å². The lowest BCUT2D eigenvalue weighted by Gasteiger charge is -2.39. The van der Waals surface area contributed by atoms with Gasteiger partial charge >= 0.3 is 47.9 Å². The number of aromatic nitrogens is 1. The molecule has 2 aromatic carbocycles. The summed E-state index contributed by atoms with van der Waals surface area (Å²) in [5, 5.41) is 75.3. The maximum atomic E-state index is 15.1. The number of likely N-dealkylation sites (tertiary alicyclic amines) is 1. The number of aliphatic carboxylic acids is 5. The Morgan fingerprint density at radius 1 is 0.695 bits per heavy atom. The molecule has 2 heterocycles. The first-order valence-electron chi connectivity index (χ1n) is 39.3. The second kappa shape index (κ2) is 53.0. The van der Waals surface area contributed by atoms with Gasteiger partial charge < -0.3 is 81.7 Å². The van der Waals surface area contributed by atoms with E-state index in [9.17, 15) is 97.5 Å². The van der Waals surface area contributed by atoms with Crippen molar-refractivity contribution < 1.29 is 122 Å². The molecule has 1 saturated heterocycles. The number of ketones is 4. The maximum Gasteiger partial charge on any atom is 0.407 e. The lowest BCUT2D eigenvalue weighted by atomic mass is 9.82. The summed E-state index contributed by atoms with van der Waals surface area (Å²) < 4.78 is 16.9. The first kappa shape index (κ1) is 101. The van der Waals surface area contributed by atoms with Crippen LogP contribution < -0.4 is 31.9 Å². The number of carbonyl (C=O) groups is 16. The van der Waals surface area contributed by atoms with Crippen LogP contribution in [0.4, 0.5) is 4.79 Å². The highest BCUT2D eigenvalue weighted by atomic mass is 33.1. The van der Waals surface area contributed by atoms with Crippen molar-refractivity contribution in [2.24, 2.45) is 35.5 Å². The number of benzene rings is 2. The number of phenols is 1. The normalized spacial score (nSPS) is 15.5. The number of ether oxygens (including phenoxy) is 3. The molecule has 0 aliphatic carbocycles. The number of amides is 5. The third-order valence-corrected chi connectivity index (χ3v) is 23.5. The fourth-order valence-electron chi connectivity index (χ4n) is 13.0. The van der Waals surface area contributed by atoms with E-state index in [4.69, 9.17) is 31.5 Å². The number of nitrogens with zero attached hydrogens (tertiary/aromatic N) is 3. The number of aromatic hydroxyl groups is 1. The molecule has 1 aromatic heterocycles. The van der Waals surface area contributed by atoms with Gasteiger partial charge in [-0.3, -0.25) is 67.2 Å². The summed E-state index contributed by atoms with van der Waals surface area (Å²) in [7, 11) is 4.03. The molecule has 0 spiro atoms. The Morgan fingerprint density at radius 3 is 1.98 bits per heavy atom. The summed E-state index contributed by atoms with van der Waals surface area (Å²) >= 11 is 6.08. The van der Waals surface area contributed by atoms with Crippen molar-refractivity contribution in [2.75, 3.05) is 51.5 Å². The molecule has 1 aliphatic heterocycles. The molecule has 12 atom stereocenters. The van der Waals surface area contributed by atoms with Crippen LogP contribution in [0, 0.1) is 35.5 Å². The first-order valence-corrected chi connectivity index (χ1v) is 43.1. The van der Waals surface area contributed by atoms with Crippen LogP contribution in [-0.2, 0) is 94.2 Å². The van der Waals surface area contributed by atoms with E-state index in [1.54, 1.807) is 49.4 Å². The van der Waals surface area contributed by atoms with Crippen molar-refractivity contribution in [1.82, 2.24) is 46.7 Å². The van der Waals surface area contributed by atoms with Crippen LogP contribution in [0.5, 0.6) is 5.75 Å². The number of nitrogens with one attached hydrogen (secondary N) is 6. The van der Waals surface area contributed by atoms with Gasteiger partial charge in [-0.05, 0) is 119 Å². The van der Waals surface area contributed by atoms with Gasteiger partial charge in [0.15, 0.2) is 35.3 Å². The molecule has 5 amide bonds. The number of carboxylic acids is 5. The van der Waals surface area contributed by atoms with E-state index in [0.717, 1.165) is 52.3 Å². The molecule has 652 valence electrons. The molecule has 3 aromatic rings. The minimum absolute atomic E-state index is 0.0113. The van der Waals surface area contributed by atoms with Crippen LogP contribution in [0.3, 0.4) is 0 Å². The Labute approximate surface area is 703 Å². The number of alkyl carbamates (subject to hydrolysis) is 1. The smallest absolute Gasteiger partial charge is 0.407 e. The van der Waals surface area contributed by atoms with Crippen molar-refractivity contribution in [3.05, 3.63) is 81.8 Å². The average Bonchev–Trinajstić information content (AvgIpc) is 1.31. The number of likely N-dealkylation sites (N-methyl/N-ethyl adjacent to an activating group) is 1. The SMILES string of the molecule is CCCC(=O)OCN(C(=O)[C@@H](CC(=O)[C@H]1CCCCN1C)C(C)CC)[C@H](C[C@@H](OC(C)=O)c1nc(C(=O)N[C@@H](Cc2ccc(O)cc2)C[C@H](C)C(=O)CNC(=O)OCCSSC[C@H](CC(=O)[C@H](Cc2ccccc2)NC(=O)[C@H](CC(=O)O)CC(=O)CC[C@H](NC(=O)CC[C@H](NC(=S)NCCCC(=O)O)C(=O)O)C(=O)O)C(=O)O)cs1)C(C)C. The van der Waals surface area contributed by atoms with E-state index in [-0.39, 0.29) is 134 Å². The van der Waals surface area contributed by atoms with E-state index in [0.29, 0.717) is 30.4 Å². The van der Waals surface area contributed by atoms with E-state index >= 15 is 4.79 Å². The number of piperidine rings is 1. The van der Waals surface area contributed by atoms with Crippen molar-refractivity contribution in [3.8, 4) is 5.75 Å². The molecule has 34 nitrogen and oxygen atoms in total. The number of thiocarbonyl (C=S) groups is 1. The van der Waals surface area contributed by atoms with Crippen LogP contribution in [0.1, 0.15) is 197 Å². The van der Waals surface area contributed by atoms with Crippen molar-refractivity contribution in [2.45, 2.75) is 219 Å². The van der Waals surface area contributed by atoms with Crippen LogP contribution in [-0.4, -0.2) is 233 Å². The Bertz CT molecular complexity index is 3890. The largest absolute Gasteiger partial charge is 0.508 e. The van der Waals surface area contributed by atoms with Gasteiger partial charge in [0.1, 0.15) is 40.9 Å². The number of thiazole rings is 1. The highest BCUT2D eigenvalue weighted by Crippen LogP contribution is 2.35. The van der Waals surface area contributed by atoms with Crippen LogP contribution >= 0.6 is 45.1 Å². The van der Waals surface area contributed by atoms with E-state index in [1.807, 2.05) is 46.6 Å². The predicted molar refractivity (Wildman–Crippen MR) is 440 cm³/mol. The van der Waals surface area contributed by atoms with Crippen molar-refractivity contribution >= 4 is 145 Å². The fourth-order valence-corrected chi connectivity index (χ4v) is 16.3. The molecule has 0 bridgehead atoms. The third-order valence-electron chi connectivity index (χ3n) is 19.9. The monoisotopic (exact) mass is 1730 g/mol. The summed E-state index contributed by atoms with van der Waals surface area (Å²) in [5.74, 6) is -18.3. The second-order valence-electron chi connectivity index (χ2n) is 29.6. The van der Waals surface area contributed by atoms with Gasteiger partial charge in [0.05, 0.1) is 36.9 Å². The van der Waals surface area contributed by atoms with Gasteiger partial charge in [0.25, 0.3) is 5.91 Å². The molecule has 0 radical (unpaired) electrons. The van der Waals surface area contributed by atoms with Gasteiger partial charge in [0.2, 0.25) is 17.7 Å². The molecule has 1 unspecified atom stereocenters. The molecule has 1 fully saturated rings. The van der Waals surface area contributed by atoms with Crippen LogP contribution in [0.2, 0.25) is 0 Å². The average molecular weight is 1730 g/mol. The van der Waals surface area contributed by atoms with E-state index in [1.165, 1.54) is 29.3 Å². The summed E-state index contributed by atoms with van der Waals surface area (Å²) in [4.78, 5) is 218. The number of hydrogen-bond donors (Lipinski definition) is 12. The van der Waals surface area contributed by atoms with Crippen molar-refractivity contribution in [1.29, 1.82) is 0 Å². The maximum absolute atomic E-state index is 15.1. The van der Waals surface area contributed by atoms with Gasteiger partial charge in [0, 0.05) is 106 Å². The Kier molecular flexibility index (Phi) is 45.2. The summed E-state index contributed by atoms with van der Waals surface area (Å²) in [6.07, 6.45) is -2.71. The molecule has 0 saturated carbocycles. The number of phenolic OH excluding ortho intramolecular Hbond substituents is 1. The third kappa shape index (κ3) is 37.5. The van der Waals surface area contributed by atoms with Crippen LogP contribution in [0.15, 0.2) is 60.0 Å². The van der Waals surface area contributed by atoms with E-state index < -0.39 is 195 Å². The fraction of sp³-hybridized carbons (Fsp3) is 0.600. The highest BCUT2D eigenvalue weighted by molar-refractivity contribution is 8.76. The van der Waals surface area contributed by atoms with Crippen LogP contribution in [0.25, 0.3) is 0 Å². The Balaban J connectivity index is 1.36. The molecular formula is C80H113N9O25S4. The molecule has 118 heavy (non-hydrogen) atoms. The highest BCUT2D eigenvalue weighted by Gasteiger charge is 2.41. The predicted octanol–water partition coefficient (Wildman–Crippen LogP) is 7.50. The Hall–Kier alpha value is -9.66. The summed E-state index contributed by atoms with van der Waals surface area (Å²) in [5.41, 5.74) is 1.14. The number of esters is 2. The number of hydrogen-bond acceptors (Lipinski definition) is 26. The molecule has 1 aliphatic rings. The molecule has 12 N–H and O–H groups in total. The van der Waals surface area contributed by atoms with Gasteiger partial charge in [-0.1, -0.05) is 118 Å². The minimum Gasteiger partial charge on any atom is -0.508 e. The number of rotatable bonds is 57. The topological polar surface area (TPSA) is 514 Å². The van der Waals surface area contributed by atoms with Crippen molar-refractivity contribution in [3.63, 3.8) is 0 Å². The standard InChI is InChI=1S/C80H113N9O25S4/c1-9-17-71(101)113-45-89(75(104)57(47(5)10-2)40-65(94)62-20-14-15-31-88(62)8)63(46(3)4)41-67(114-49(7)90)74-86-61(44-116-74)73(103)83-54(35-51-22-24-55(91)25-23-51)34-48(6)66(95)42-82-80(111)112-32-33-117-118-43-53(76(105)106)38-64(93)60(36-50-18-12-11-13-19-50)85-72(102)52(39-70(99)100)37-56(92)26-27-58(77(107)108)84-68(96)29-28-59(78(109)110)87-79(115)81-30-16-21-69(97)98/h11-13,18-19,22-25,44,46-48,52-54,57-60,62-63,67,91H,9-10,14-17,20-21,26-43,45H2,1-8H3,(H,82,111)(H,83,103)(H,84,96)(H,85,102)(H,97,98)(H,99,100)(H,105,106)(H,107,108)(H,109,110)(H2,81,87,115)/t47?,48-,52-,53-,54+,57-,58-,59-,60-,62+,63+,67+/m0/s1. The molecule has 4 rings (SSSR count). The second-order valence-corrected chi connectivity index (χ2v) is 33.6.